The van der Waals surface area contributed by atoms with E-state index in [9.17, 15) is 4.79 Å². The molecule has 0 fully saturated rings. The van der Waals surface area contributed by atoms with E-state index in [4.69, 9.17) is 10.5 Å². The molecule has 0 aromatic carbocycles. The maximum Gasteiger partial charge on any atom is 0.410 e. The fourth-order valence-corrected chi connectivity index (χ4v) is 2.71. The minimum absolute atomic E-state index is 0.0522. The predicted octanol–water partition coefficient (Wildman–Crippen LogP) is 4.00. The standard InChI is InChI=1S/C16H28N2O2S/c1-3-5-8-14(17)13-20-16(19)18(10-6-4-2)12-15-9-7-11-21-15/h7,9,11,14H,3-6,8,10,12-13,17H2,1-2H3. The third-order valence-electron chi connectivity index (χ3n) is 3.32. The topological polar surface area (TPSA) is 55.6 Å². The first-order valence-corrected chi connectivity index (χ1v) is 8.75. The van der Waals surface area contributed by atoms with E-state index in [2.05, 4.69) is 13.8 Å². The van der Waals surface area contributed by atoms with Crippen LogP contribution in [-0.4, -0.2) is 30.2 Å². The summed E-state index contributed by atoms with van der Waals surface area (Å²) in [7, 11) is 0. The van der Waals surface area contributed by atoms with E-state index < -0.39 is 0 Å². The molecule has 0 saturated heterocycles. The number of nitrogens with two attached hydrogens (primary N) is 1. The van der Waals surface area contributed by atoms with Crippen LogP contribution in [0.25, 0.3) is 0 Å². The van der Waals surface area contributed by atoms with E-state index in [0.717, 1.165) is 38.6 Å². The molecule has 0 aliphatic rings. The summed E-state index contributed by atoms with van der Waals surface area (Å²) in [6.45, 7) is 5.92. The first kappa shape index (κ1) is 18.0. The van der Waals surface area contributed by atoms with Crippen LogP contribution in [0.5, 0.6) is 0 Å². The second kappa shape index (κ2) is 10.6. The maximum atomic E-state index is 12.2. The van der Waals surface area contributed by atoms with Gasteiger partial charge in [-0.3, -0.25) is 0 Å². The molecule has 1 aromatic rings. The largest absolute Gasteiger partial charge is 0.448 e. The Balaban J connectivity index is 2.43. The van der Waals surface area contributed by atoms with Gasteiger partial charge in [0, 0.05) is 17.5 Å². The second-order valence-electron chi connectivity index (χ2n) is 5.33. The van der Waals surface area contributed by atoms with Crippen LogP contribution in [0.15, 0.2) is 17.5 Å². The third-order valence-corrected chi connectivity index (χ3v) is 4.18. The van der Waals surface area contributed by atoms with Crippen molar-refractivity contribution < 1.29 is 9.53 Å². The molecule has 2 N–H and O–H groups in total. The number of rotatable bonds is 10. The van der Waals surface area contributed by atoms with Crippen LogP contribution in [-0.2, 0) is 11.3 Å². The zero-order valence-electron chi connectivity index (χ0n) is 13.2. The first-order valence-electron chi connectivity index (χ1n) is 7.87. The highest BCUT2D eigenvalue weighted by Crippen LogP contribution is 2.13. The third kappa shape index (κ3) is 7.48. The molecule has 1 unspecified atom stereocenters. The van der Waals surface area contributed by atoms with Gasteiger partial charge in [-0.15, -0.1) is 11.3 Å². The molecule has 21 heavy (non-hydrogen) atoms. The zero-order valence-corrected chi connectivity index (χ0v) is 14.0. The van der Waals surface area contributed by atoms with Gasteiger partial charge in [0.2, 0.25) is 0 Å². The minimum Gasteiger partial charge on any atom is -0.448 e. The summed E-state index contributed by atoms with van der Waals surface area (Å²) in [5.74, 6) is 0. The molecule has 1 aromatic heterocycles. The number of thiophene rings is 1. The van der Waals surface area contributed by atoms with Gasteiger partial charge >= 0.3 is 6.09 Å². The Morgan fingerprint density at radius 1 is 1.38 bits per heavy atom. The van der Waals surface area contributed by atoms with E-state index in [1.807, 2.05) is 17.5 Å². The first-order chi connectivity index (χ1) is 10.2. The molecular weight excluding hydrogens is 284 g/mol. The number of carbonyl (C=O) groups is 1. The fraction of sp³-hybridized carbons (Fsp3) is 0.688. The van der Waals surface area contributed by atoms with Gasteiger partial charge in [0.05, 0.1) is 6.54 Å². The number of hydrogen-bond donors (Lipinski definition) is 1. The fourth-order valence-electron chi connectivity index (χ4n) is 1.99. The van der Waals surface area contributed by atoms with Crippen LogP contribution in [0.3, 0.4) is 0 Å². The molecule has 120 valence electrons. The van der Waals surface area contributed by atoms with Crippen LogP contribution in [0.2, 0.25) is 0 Å². The number of nitrogens with zero attached hydrogens (tertiary/aromatic N) is 1. The van der Waals surface area contributed by atoms with Gasteiger partial charge in [0.1, 0.15) is 6.61 Å². The lowest BCUT2D eigenvalue weighted by molar-refractivity contribution is 0.0931. The summed E-state index contributed by atoms with van der Waals surface area (Å²) in [6, 6.07) is 4.00. The van der Waals surface area contributed by atoms with Gasteiger partial charge in [-0.2, -0.15) is 0 Å². The van der Waals surface area contributed by atoms with Gasteiger partial charge in [-0.1, -0.05) is 39.2 Å². The average Bonchev–Trinajstić information content (AvgIpc) is 2.99. The molecule has 4 nitrogen and oxygen atoms in total. The summed E-state index contributed by atoms with van der Waals surface area (Å²) in [4.78, 5) is 15.2. The lowest BCUT2D eigenvalue weighted by atomic mass is 10.1. The van der Waals surface area contributed by atoms with Crippen molar-refractivity contribution in [3.63, 3.8) is 0 Å². The van der Waals surface area contributed by atoms with Crippen LogP contribution in [0.1, 0.15) is 50.8 Å². The van der Waals surface area contributed by atoms with Crippen molar-refractivity contribution in [3.05, 3.63) is 22.4 Å². The molecule has 1 atom stereocenters. The molecule has 0 saturated carbocycles. The van der Waals surface area contributed by atoms with Crippen LogP contribution in [0.4, 0.5) is 4.79 Å². The highest BCUT2D eigenvalue weighted by atomic mass is 32.1. The lowest BCUT2D eigenvalue weighted by Gasteiger charge is -2.22. The maximum absolute atomic E-state index is 12.2. The Bertz CT molecular complexity index is 382. The van der Waals surface area contributed by atoms with Crippen molar-refractivity contribution in [2.45, 2.75) is 58.5 Å². The number of unbranched alkanes of at least 4 members (excludes halogenated alkanes) is 2. The highest BCUT2D eigenvalue weighted by Gasteiger charge is 2.16. The van der Waals surface area contributed by atoms with E-state index in [1.165, 1.54) is 4.88 Å². The van der Waals surface area contributed by atoms with Crippen molar-refractivity contribution in [1.82, 2.24) is 4.90 Å². The second-order valence-corrected chi connectivity index (χ2v) is 6.37. The van der Waals surface area contributed by atoms with Crippen LogP contribution in [0, 0.1) is 0 Å². The molecule has 0 spiro atoms. The summed E-state index contributed by atoms with van der Waals surface area (Å²) in [6.07, 6.45) is 4.90. The van der Waals surface area contributed by atoms with Gasteiger partial charge < -0.3 is 15.4 Å². The number of amides is 1. The van der Waals surface area contributed by atoms with Crippen molar-refractivity contribution >= 4 is 17.4 Å². The van der Waals surface area contributed by atoms with Crippen molar-refractivity contribution in [3.8, 4) is 0 Å². The number of hydrogen-bond acceptors (Lipinski definition) is 4. The Morgan fingerprint density at radius 3 is 2.76 bits per heavy atom. The molecule has 0 aliphatic heterocycles. The zero-order chi connectivity index (χ0) is 15.5. The molecule has 0 radical (unpaired) electrons. The predicted molar refractivity (Wildman–Crippen MR) is 88.5 cm³/mol. The average molecular weight is 312 g/mol. The van der Waals surface area contributed by atoms with Gasteiger partial charge in [-0.25, -0.2) is 4.79 Å². The Labute approximate surface area is 132 Å². The van der Waals surface area contributed by atoms with Crippen molar-refractivity contribution in [1.29, 1.82) is 0 Å². The minimum atomic E-state index is -0.246. The SMILES string of the molecule is CCCCC(N)COC(=O)N(CCCC)Cc1cccs1. The normalized spacial score (nSPS) is 12.1. The van der Waals surface area contributed by atoms with E-state index in [1.54, 1.807) is 16.2 Å². The van der Waals surface area contributed by atoms with E-state index >= 15 is 0 Å². The molecule has 0 aliphatic carbocycles. The van der Waals surface area contributed by atoms with Crippen molar-refractivity contribution in [2.24, 2.45) is 5.73 Å². The molecular formula is C16H28N2O2S. The summed E-state index contributed by atoms with van der Waals surface area (Å²) in [5, 5.41) is 2.03. The van der Waals surface area contributed by atoms with E-state index in [0.29, 0.717) is 13.2 Å². The molecule has 1 heterocycles. The highest BCUT2D eigenvalue weighted by molar-refractivity contribution is 7.09. The quantitative estimate of drug-likeness (QED) is 0.710. The Morgan fingerprint density at radius 2 is 2.14 bits per heavy atom. The van der Waals surface area contributed by atoms with Gasteiger partial charge in [0.15, 0.2) is 0 Å². The smallest absolute Gasteiger partial charge is 0.410 e. The van der Waals surface area contributed by atoms with Crippen LogP contribution < -0.4 is 5.73 Å². The van der Waals surface area contributed by atoms with E-state index in [-0.39, 0.29) is 12.1 Å². The number of ether oxygens (including phenoxy) is 1. The summed E-state index contributed by atoms with van der Waals surface area (Å²) >= 11 is 1.66. The summed E-state index contributed by atoms with van der Waals surface area (Å²) in [5.41, 5.74) is 5.95. The van der Waals surface area contributed by atoms with Crippen molar-refractivity contribution in [2.75, 3.05) is 13.2 Å². The lowest BCUT2D eigenvalue weighted by Crippen LogP contribution is -2.35. The molecule has 1 amide bonds. The summed E-state index contributed by atoms with van der Waals surface area (Å²) < 4.78 is 5.38. The Kier molecular flexibility index (Phi) is 9.10. The molecule has 5 heteroatoms. The van der Waals surface area contributed by atoms with Crippen LogP contribution >= 0.6 is 11.3 Å². The molecule has 1 rings (SSSR count). The molecule has 0 bridgehead atoms. The Hall–Kier alpha value is -1.07. The van der Waals surface area contributed by atoms with Gasteiger partial charge in [0.25, 0.3) is 0 Å². The number of carbonyl (C=O) groups excluding carboxylic acids is 1. The monoisotopic (exact) mass is 312 g/mol. The van der Waals surface area contributed by atoms with Gasteiger partial charge in [-0.05, 0) is 24.3 Å².